The Morgan fingerprint density at radius 2 is 1.83 bits per heavy atom. The van der Waals surface area contributed by atoms with Gasteiger partial charge < -0.3 is 10.2 Å². The molecule has 1 amide bonds. The summed E-state index contributed by atoms with van der Waals surface area (Å²) in [5.74, 6) is 0.173. The molecule has 120 valence electrons. The molecule has 0 saturated carbocycles. The van der Waals surface area contributed by atoms with Gasteiger partial charge in [-0.25, -0.2) is 0 Å². The highest BCUT2D eigenvalue weighted by Crippen LogP contribution is 2.26. The van der Waals surface area contributed by atoms with E-state index >= 15 is 0 Å². The number of anilines is 2. The van der Waals surface area contributed by atoms with E-state index in [0.29, 0.717) is 0 Å². The quantitative estimate of drug-likeness (QED) is 0.799. The fourth-order valence-corrected chi connectivity index (χ4v) is 3.30. The molecule has 1 heterocycles. The van der Waals surface area contributed by atoms with Gasteiger partial charge in [0.1, 0.15) is 0 Å². The number of nitrogens with zero attached hydrogens (tertiary/aromatic N) is 1. The Labute approximate surface area is 149 Å². The van der Waals surface area contributed by atoms with Crippen LogP contribution in [0.25, 0.3) is 0 Å². The Bertz CT molecular complexity index is 682. The third-order valence-corrected chi connectivity index (χ3v) is 4.91. The summed E-state index contributed by atoms with van der Waals surface area (Å²) < 4.78 is 1.00. The van der Waals surface area contributed by atoms with Gasteiger partial charge in [-0.2, -0.15) is 0 Å². The number of rotatable bonds is 3. The Kier molecular flexibility index (Phi) is 5.23. The lowest BCUT2D eigenvalue weighted by atomic mass is 9.95. The molecule has 1 saturated heterocycles. The summed E-state index contributed by atoms with van der Waals surface area (Å²) in [6.07, 6.45) is 1.71. The van der Waals surface area contributed by atoms with E-state index in [0.717, 1.165) is 46.8 Å². The molecule has 3 nitrogen and oxygen atoms in total. The Morgan fingerprint density at radius 3 is 2.48 bits per heavy atom. The largest absolute Gasteiger partial charge is 0.371 e. The topological polar surface area (TPSA) is 32.3 Å². The summed E-state index contributed by atoms with van der Waals surface area (Å²) in [7, 11) is 0. The molecule has 23 heavy (non-hydrogen) atoms. The van der Waals surface area contributed by atoms with E-state index in [1.165, 1.54) is 0 Å². The molecule has 0 atom stereocenters. The van der Waals surface area contributed by atoms with E-state index < -0.39 is 0 Å². The summed E-state index contributed by atoms with van der Waals surface area (Å²) in [4.78, 5) is 14.7. The van der Waals surface area contributed by atoms with Crippen LogP contribution in [0.1, 0.15) is 12.8 Å². The Balaban J connectivity index is 1.56. The van der Waals surface area contributed by atoms with E-state index in [-0.39, 0.29) is 11.8 Å². The van der Waals surface area contributed by atoms with Crippen molar-refractivity contribution in [2.24, 2.45) is 5.92 Å². The van der Waals surface area contributed by atoms with Crippen molar-refractivity contribution in [3.05, 3.63) is 58.0 Å². The standard InChI is InChI=1S/C18H18BrClN2O/c19-14-4-6-16(7-5-14)21-18(23)13-8-10-22(11-9-13)17-3-1-2-15(20)12-17/h1-7,12-13H,8-11H2,(H,21,23). The zero-order valence-corrected chi connectivity index (χ0v) is 15.0. The molecule has 0 spiro atoms. The van der Waals surface area contributed by atoms with Crippen LogP contribution in [0.2, 0.25) is 5.02 Å². The minimum absolute atomic E-state index is 0.0640. The van der Waals surface area contributed by atoms with E-state index in [4.69, 9.17) is 11.6 Å². The lowest BCUT2D eigenvalue weighted by molar-refractivity contribution is -0.120. The van der Waals surface area contributed by atoms with Gasteiger partial charge in [0.15, 0.2) is 0 Å². The van der Waals surface area contributed by atoms with Crippen LogP contribution in [0.3, 0.4) is 0 Å². The highest BCUT2D eigenvalue weighted by molar-refractivity contribution is 9.10. The number of benzene rings is 2. The van der Waals surface area contributed by atoms with E-state index in [9.17, 15) is 4.79 Å². The fourth-order valence-electron chi connectivity index (χ4n) is 2.85. The first kappa shape index (κ1) is 16.3. The van der Waals surface area contributed by atoms with Gasteiger partial charge in [-0.15, -0.1) is 0 Å². The number of nitrogens with one attached hydrogen (secondary N) is 1. The Hall–Kier alpha value is -1.52. The van der Waals surface area contributed by atoms with Crippen molar-refractivity contribution < 1.29 is 4.79 Å². The first-order chi connectivity index (χ1) is 11.1. The maximum atomic E-state index is 12.4. The summed E-state index contributed by atoms with van der Waals surface area (Å²) in [6.45, 7) is 1.75. The van der Waals surface area contributed by atoms with Crippen molar-refractivity contribution >= 4 is 44.8 Å². The molecular formula is C18H18BrClN2O. The van der Waals surface area contributed by atoms with Gasteiger partial charge in [-0.1, -0.05) is 33.6 Å². The fraction of sp³-hybridized carbons (Fsp3) is 0.278. The Morgan fingerprint density at radius 1 is 1.13 bits per heavy atom. The van der Waals surface area contributed by atoms with Crippen LogP contribution >= 0.6 is 27.5 Å². The second-order valence-electron chi connectivity index (χ2n) is 5.74. The average molecular weight is 394 g/mol. The van der Waals surface area contributed by atoms with Gasteiger partial charge in [-0.05, 0) is 55.3 Å². The molecule has 2 aromatic carbocycles. The highest BCUT2D eigenvalue weighted by Gasteiger charge is 2.25. The maximum absolute atomic E-state index is 12.4. The first-order valence-corrected chi connectivity index (χ1v) is 8.86. The van der Waals surface area contributed by atoms with Crippen molar-refractivity contribution in [1.29, 1.82) is 0 Å². The number of carbonyl (C=O) groups is 1. The van der Waals surface area contributed by atoms with E-state index in [2.05, 4.69) is 32.2 Å². The smallest absolute Gasteiger partial charge is 0.227 e. The summed E-state index contributed by atoms with van der Waals surface area (Å²) in [6, 6.07) is 15.5. The van der Waals surface area contributed by atoms with Crippen LogP contribution in [0, 0.1) is 5.92 Å². The van der Waals surface area contributed by atoms with Gasteiger partial charge in [0, 0.05) is 39.9 Å². The van der Waals surface area contributed by atoms with Gasteiger partial charge in [0.25, 0.3) is 0 Å². The third-order valence-electron chi connectivity index (χ3n) is 4.15. The molecule has 0 unspecified atom stereocenters. The molecular weight excluding hydrogens is 376 g/mol. The SMILES string of the molecule is O=C(Nc1ccc(Br)cc1)C1CCN(c2cccc(Cl)c2)CC1. The molecule has 0 bridgehead atoms. The second kappa shape index (κ2) is 7.37. The molecule has 1 N–H and O–H groups in total. The molecule has 1 aliphatic rings. The number of halogens is 2. The molecule has 2 aromatic rings. The van der Waals surface area contributed by atoms with Crippen LogP contribution in [0.4, 0.5) is 11.4 Å². The van der Waals surface area contributed by atoms with Gasteiger partial charge in [0.05, 0.1) is 0 Å². The normalized spacial score (nSPS) is 15.5. The van der Waals surface area contributed by atoms with Crippen LogP contribution in [0.5, 0.6) is 0 Å². The molecule has 0 aromatic heterocycles. The maximum Gasteiger partial charge on any atom is 0.227 e. The van der Waals surface area contributed by atoms with Gasteiger partial charge in [0.2, 0.25) is 5.91 Å². The minimum atomic E-state index is 0.0640. The van der Waals surface area contributed by atoms with Gasteiger partial charge in [-0.3, -0.25) is 4.79 Å². The first-order valence-electron chi connectivity index (χ1n) is 7.69. The van der Waals surface area contributed by atoms with E-state index in [1.54, 1.807) is 0 Å². The van der Waals surface area contributed by atoms with Crippen LogP contribution in [0.15, 0.2) is 53.0 Å². The summed E-state index contributed by atoms with van der Waals surface area (Å²) in [5, 5.41) is 3.75. The number of hydrogen-bond donors (Lipinski definition) is 1. The second-order valence-corrected chi connectivity index (χ2v) is 7.09. The predicted octanol–water partition coefficient (Wildman–Crippen LogP) is 4.96. The van der Waals surface area contributed by atoms with Crippen molar-refractivity contribution in [3.63, 3.8) is 0 Å². The number of piperidine rings is 1. The van der Waals surface area contributed by atoms with Crippen LogP contribution < -0.4 is 10.2 Å². The number of hydrogen-bond acceptors (Lipinski definition) is 2. The molecule has 5 heteroatoms. The van der Waals surface area contributed by atoms with Crippen LogP contribution in [-0.4, -0.2) is 19.0 Å². The van der Waals surface area contributed by atoms with Crippen molar-refractivity contribution in [3.8, 4) is 0 Å². The lowest BCUT2D eigenvalue weighted by Crippen LogP contribution is -2.38. The van der Waals surface area contributed by atoms with Crippen molar-refractivity contribution in [2.45, 2.75) is 12.8 Å². The van der Waals surface area contributed by atoms with Crippen molar-refractivity contribution in [2.75, 3.05) is 23.3 Å². The number of amides is 1. The zero-order chi connectivity index (χ0) is 16.2. The highest BCUT2D eigenvalue weighted by atomic mass is 79.9. The molecule has 0 aliphatic carbocycles. The summed E-state index contributed by atoms with van der Waals surface area (Å²) >= 11 is 9.44. The summed E-state index contributed by atoms with van der Waals surface area (Å²) in [5.41, 5.74) is 1.97. The molecule has 0 radical (unpaired) electrons. The zero-order valence-electron chi connectivity index (χ0n) is 12.6. The van der Waals surface area contributed by atoms with Gasteiger partial charge >= 0.3 is 0 Å². The number of carbonyl (C=O) groups excluding carboxylic acids is 1. The monoisotopic (exact) mass is 392 g/mol. The van der Waals surface area contributed by atoms with Crippen LogP contribution in [-0.2, 0) is 4.79 Å². The predicted molar refractivity (Wildman–Crippen MR) is 99.2 cm³/mol. The average Bonchev–Trinajstić information content (AvgIpc) is 2.57. The molecule has 3 rings (SSSR count). The third kappa shape index (κ3) is 4.27. The molecule has 1 fully saturated rings. The lowest BCUT2D eigenvalue weighted by Gasteiger charge is -2.33. The minimum Gasteiger partial charge on any atom is -0.371 e. The van der Waals surface area contributed by atoms with E-state index in [1.807, 2.05) is 42.5 Å². The molecule has 1 aliphatic heterocycles. The van der Waals surface area contributed by atoms with Crippen molar-refractivity contribution in [1.82, 2.24) is 0 Å².